The molecule has 10 nitrogen and oxygen atoms in total. The summed E-state index contributed by atoms with van der Waals surface area (Å²) in [5.41, 5.74) is 6.18. The molecule has 2 aromatic heterocycles. The quantitative estimate of drug-likeness (QED) is 0.535. The Bertz CT molecular complexity index is 613. The summed E-state index contributed by atoms with van der Waals surface area (Å²) in [4.78, 5) is 22.3. The van der Waals surface area contributed by atoms with Gasteiger partial charge in [-0.25, -0.2) is 9.78 Å². The number of rotatable bonds is 7. The molecule has 108 valence electrons. The van der Waals surface area contributed by atoms with Crippen molar-refractivity contribution in [3.63, 3.8) is 0 Å². The Labute approximate surface area is 112 Å². The first-order valence-corrected chi connectivity index (χ1v) is 5.63. The molecule has 0 spiro atoms. The van der Waals surface area contributed by atoms with Crippen LogP contribution in [0.3, 0.4) is 0 Å². The smallest absolute Gasteiger partial charge is 0.341 e. The van der Waals surface area contributed by atoms with E-state index in [9.17, 15) is 4.79 Å². The number of aliphatic carboxylic acids is 1. The highest BCUT2D eigenvalue weighted by Gasteiger charge is 2.14. The average Bonchev–Trinajstić information content (AvgIpc) is 2.79. The van der Waals surface area contributed by atoms with Crippen molar-refractivity contribution in [2.24, 2.45) is 0 Å². The molecule has 0 aliphatic rings. The molecule has 20 heavy (non-hydrogen) atoms. The number of carboxylic acid groups (broad SMARTS) is 1. The third kappa shape index (κ3) is 3.10. The number of aromatic nitrogens is 4. The molecule has 10 heteroatoms. The van der Waals surface area contributed by atoms with Gasteiger partial charge in [0.05, 0.1) is 19.5 Å². The minimum absolute atomic E-state index is 0.00388. The monoisotopic (exact) mass is 283 g/mol. The van der Waals surface area contributed by atoms with E-state index in [1.165, 1.54) is 10.9 Å². The number of carboxylic acids is 1. The van der Waals surface area contributed by atoms with Crippen molar-refractivity contribution in [1.29, 1.82) is 0 Å². The van der Waals surface area contributed by atoms with Gasteiger partial charge in [-0.3, -0.25) is 4.57 Å². The Kier molecular flexibility index (Phi) is 4.27. The van der Waals surface area contributed by atoms with Gasteiger partial charge in [0.2, 0.25) is 11.8 Å². The van der Waals surface area contributed by atoms with E-state index in [4.69, 9.17) is 25.4 Å². The molecule has 0 atom stereocenters. The van der Waals surface area contributed by atoms with Crippen molar-refractivity contribution < 1.29 is 24.5 Å². The van der Waals surface area contributed by atoms with E-state index >= 15 is 0 Å². The number of aliphatic hydroxyl groups excluding tert-OH is 1. The van der Waals surface area contributed by atoms with Gasteiger partial charge in [-0.15, -0.1) is 0 Å². The first kappa shape index (κ1) is 14.0. The van der Waals surface area contributed by atoms with Crippen LogP contribution in [0, 0.1) is 0 Å². The number of nitrogen functional groups attached to an aromatic ring is 1. The summed E-state index contributed by atoms with van der Waals surface area (Å²) >= 11 is 0. The van der Waals surface area contributed by atoms with Crippen molar-refractivity contribution in [3.8, 4) is 5.88 Å². The SMILES string of the molecule is Nc1nc(OCC(=O)O)c2ncn(COCCO)c2n1. The predicted molar refractivity (Wildman–Crippen MR) is 65.9 cm³/mol. The second-order valence-corrected chi connectivity index (χ2v) is 3.72. The van der Waals surface area contributed by atoms with E-state index in [1.807, 2.05) is 0 Å². The van der Waals surface area contributed by atoms with E-state index in [1.54, 1.807) is 0 Å². The Morgan fingerprint density at radius 2 is 2.25 bits per heavy atom. The van der Waals surface area contributed by atoms with Gasteiger partial charge in [0.1, 0.15) is 6.73 Å². The van der Waals surface area contributed by atoms with Crippen LogP contribution in [0.1, 0.15) is 0 Å². The van der Waals surface area contributed by atoms with Crippen molar-refractivity contribution in [1.82, 2.24) is 19.5 Å². The average molecular weight is 283 g/mol. The second kappa shape index (κ2) is 6.12. The number of nitrogens with two attached hydrogens (primary N) is 1. The molecule has 0 saturated carbocycles. The fourth-order valence-corrected chi connectivity index (χ4v) is 1.49. The van der Waals surface area contributed by atoms with Crippen LogP contribution in [-0.2, 0) is 16.3 Å². The Morgan fingerprint density at radius 3 is 2.95 bits per heavy atom. The predicted octanol–water partition coefficient (Wildman–Crippen LogP) is -1.16. The topological polar surface area (TPSA) is 146 Å². The molecular formula is C10H13N5O5. The fourth-order valence-electron chi connectivity index (χ4n) is 1.49. The zero-order valence-corrected chi connectivity index (χ0v) is 10.4. The highest BCUT2D eigenvalue weighted by Crippen LogP contribution is 2.21. The number of anilines is 1. The molecule has 2 rings (SSSR count). The van der Waals surface area contributed by atoms with Crippen molar-refractivity contribution in [3.05, 3.63) is 6.33 Å². The number of aliphatic hydroxyl groups is 1. The van der Waals surface area contributed by atoms with Gasteiger partial charge in [0.15, 0.2) is 17.8 Å². The lowest BCUT2D eigenvalue weighted by Gasteiger charge is -2.06. The molecule has 0 aromatic carbocycles. The summed E-state index contributed by atoms with van der Waals surface area (Å²) in [6.07, 6.45) is 1.43. The van der Waals surface area contributed by atoms with Crippen molar-refractivity contribution in [2.75, 3.05) is 25.6 Å². The maximum absolute atomic E-state index is 10.5. The minimum atomic E-state index is -1.14. The number of fused-ring (bicyclic) bond motifs is 1. The maximum Gasteiger partial charge on any atom is 0.341 e. The van der Waals surface area contributed by atoms with Gasteiger partial charge < -0.3 is 25.4 Å². The summed E-state index contributed by atoms with van der Waals surface area (Å²) in [6.45, 7) is -0.370. The molecule has 0 amide bonds. The van der Waals surface area contributed by atoms with Crippen LogP contribution < -0.4 is 10.5 Å². The number of ether oxygens (including phenoxy) is 2. The number of imidazole rings is 1. The highest BCUT2D eigenvalue weighted by molar-refractivity contribution is 5.78. The van der Waals surface area contributed by atoms with E-state index in [0.29, 0.717) is 5.65 Å². The maximum atomic E-state index is 10.5. The number of hydrogen-bond donors (Lipinski definition) is 3. The van der Waals surface area contributed by atoms with Crippen LogP contribution in [0.5, 0.6) is 5.88 Å². The molecule has 0 saturated heterocycles. The van der Waals surface area contributed by atoms with E-state index in [-0.39, 0.29) is 37.3 Å². The summed E-state index contributed by atoms with van der Waals surface area (Å²) in [5.74, 6) is -1.21. The van der Waals surface area contributed by atoms with Crippen molar-refractivity contribution in [2.45, 2.75) is 6.73 Å². The first-order valence-electron chi connectivity index (χ1n) is 5.63. The van der Waals surface area contributed by atoms with E-state index < -0.39 is 12.6 Å². The highest BCUT2D eigenvalue weighted by atomic mass is 16.5. The minimum Gasteiger partial charge on any atom is -0.479 e. The van der Waals surface area contributed by atoms with Crippen molar-refractivity contribution >= 4 is 23.1 Å². The lowest BCUT2D eigenvalue weighted by atomic mass is 10.5. The van der Waals surface area contributed by atoms with Crippen LogP contribution in [0.2, 0.25) is 0 Å². The molecule has 0 aliphatic carbocycles. The number of nitrogens with zero attached hydrogens (tertiary/aromatic N) is 4. The normalized spacial score (nSPS) is 10.8. The van der Waals surface area contributed by atoms with Crippen LogP contribution >= 0.6 is 0 Å². The van der Waals surface area contributed by atoms with E-state index in [2.05, 4.69) is 15.0 Å². The zero-order valence-electron chi connectivity index (χ0n) is 10.4. The second-order valence-electron chi connectivity index (χ2n) is 3.72. The molecular weight excluding hydrogens is 270 g/mol. The number of hydrogen-bond acceptors (Lipinski definition) is 8. The van der Waals surface area contributed by atoms with Crippen LogP contribution in [-0.4, -0.2) is 55.5 Å². The molecule has 2 heterocycles. The lowest BCUT2D eigenvalue weighted by molar-refractivity contribution is -0.139. The van der Waals surface area contributed by atoms with E-state index in [0.717, 1.165) is 0 Å². The Morgan fingerprint density at radius 1 is 1.45 bits per heavy atom. The van der Waals surface area contributed by atoms with Gasteiger partial charge in [-0.05, 0) is 0 Å². The third-order valence-electron chi connectivity index (χ3n) is 2.25. The fraction of sp³-hybridized carbons (Fsp3) is 0.400. The Hall–Kier alpha value is -2.46. The van der Waals surface area contributed by atoms with Gasteiger partial charge in [-0.1, -0.05) is 0 Å². The summed E-state index contributed by atoms with van der Waals surface area (Å²) in [6, 6.07) is 0. The summed E-state index contributed by atoms with van der Waals surface area (Å²) < 4.78 is 11.7. The summed E-state index contributed by atoms with van der Waals surface area (Å²) in [5, 5.41) is 17.2. The largest absolute Gasteiger partial charge is 0.479 e. The zero-order chi connectivity index (χ0) is 14.5. The van der Waals surface area contributed by atoms with Crippen LogP contribution in [0.4, 0.5) is 5.95 Å². The molecule has 2 aromatic rings. The first-order chi connectivity index (χ1) is 9.61. The van der Waals surface area contributed by atoms with Gasteiger partial charge in [-0.2, -0.15) is 9.97 Å². The van der Waals surface area contributed by atoms with Crippen LogP contribution in [0.25, 0.3) is 11.2 Å². The molecule has 4 N–H and O–H groups in total. The molecule has 0 bridgehead atoms. The lowest BCUT2D eigenvalue weighted by Crippen LogP contribution is -2.12. The standard InChI is InChI=1S/C10H13N5O5/c11-10-13-8-7(9(14-10)20-3-6(17)18)12-4-15(8)5-19-2-1-16/h4,16H,1-3,5H2,(H,17,18)(H2,11,13,14). The third-order valence-corrected chi connectivity index (χ3v) is 2.25. The number of carbonyl (C=O) groups is 1. The molecule has 0 fully saturated rings. The molecule has 0 aliphatic heterocycles. The van der Waals surface area contributed by atoms with Gasteiger partial charge >= 0.3 is 5.97 Å². The Balaban J connectivity index is 2.28. The van der Waals surface area contributed by atoms with Crippen LogP contribution in [0.15, 0.2) is 6.33 Å². The van der Waals surface area contributed by atoms with Gasteiger partial charge in [0, 0.05) is 0 Å². The van der Waals surface area contributed by atoms with Gasteiger partial charge in [0.25, 0.3) is 0 Å². The molecule has 0 radical (unpaired) electrons. The summed E-state index contributed by atoms with van der Waals surface area (Å²) in [7, 11) is 0. The molecule has 0 unspecified atom stereocenters.